The van der Waals surface area contributed by atoms with Gasteiger partial charge in [-0.3, -0.25) is 0 Å². The molecule has 0 aromatic carbocycles. The van der Waals surface area contributed by atoms with Crippen LogP contribution >= 0.6 is 0 Å². The average Bonchev–Trinajstić information content (AvgIpc) is 2.81. The van der Waals surface area contributed by atoms with Crippen LogP contribution < -0.4 is 5.32 Å². The summed E-state index contributed by atoms with van der Waals surface area (Å²) in [6.45, 7) is 3.51. The molecule has 0 bridgehead atoms. The zero-order valence-electron chi connectivity index (χ0n) is 9.27. The van der Waals surface area contributed by atoms with Crippen LogP contribution in [-0.4, -0.2) is 31.5 Å². The van der Waals surface area contributed by atoms with Crippen molar-refractivity contribution in [1.82, 2.24) is 10.3 Å². The minimum Gasteiger partial charge on any atom is -0.448 e. The molecule has 90 valence electrons. The van der Waals surface area contributed by atoms with E-state index in [1.807, 2.05) is 6.92 Å². The van der Waals surface area contributed by atoms with E-state index in [1.165, 1.54) is 6.39 Å². The third-order valence-corrected chi connectivity index (χ3v) is 4.59. The van der Waals surface area contributed by atoms with E-state index in [0.717, 1.165) is 18.0 Å². The molecule has 1 aromatic heterocycles. The Bertz CT molecular complexity index is 452. The molecule has 1 aromatic rings. The van der Waals surface area contributed by atoms with E-state index in [-0.39, 0.29) is 17.4 Å². The van der Waals surface area contributed by atoms with E-state index in [0.29, 0.717) is 13.0 Å². The van der Waals surface area contributed by atoms with E-state index in [4.69, 9.17) is 4.42 Å². The van der Waals surface area contributed by atoms with Crippen LogP contribution in [0.1, 0.15) is 30.7 Å². The minimum atomic E-state index is -2.87. The Morgan fingerprint density at radius 1 is 1.62 bits per heavy atom. The molecular formula is C10H16N2O3S. The normalized spacial score (nSPS) is 23.7. The molecule has 1 unspecified atom stereocenters. The van der Waals surface area contributed by atoms with Crippen molar-refractivity contribution in [3.63, 3.8) is 0 Å². The lowest BCUT2D eigenvalue weighted by atomic mass is 10.0. The molecule has 0 amide bonds. The monoisotopic (exact) mass is 244 g/mol. The van der Waals surface area contributed by atoms with Crippen LogP contribution in [0.5, 0.6) is 0 Å². The Morgan fingerprint density at radius 3 is 3.06 bits per heavy atom. The van der Waals surface area contributed by atoms with E-state index in [9.17, 15) is 8.42 Å². The summed E-state index contributed by atoms with van der Waals surface area (Å²) in [5.41, 5.74) is 0.837. The van der Waals surface area contributed by atoms with Gasteiger partial charge in [0.2, 0.25) is 0 Å². The van der Waals surface area contributed by atoms with Crippen molar-refractivity contribution in [1.29, 1.82) is 0 Å². The second-order valence-electron chi connectivity index (χ2n) is 4.04. The summed E-state index contributed by atoms with van der Waals surface area (Å²) in [6.07, 6.45) is 2.05. The first-order chi connectivity index (χ1) is 7.62. The highest BCUT2D eigenvalue weighted by atomic mass is 32.2. The number of nitrogens with zero attached hydrogens (tertiary/aromatic N) is 1. The van der Waals surface area contributed by atoms with E-state index in [2.05, 4.69) is 10.3 Å². The molecule has 0 aliphatic carbocycles. The summed E-state index contributed by atoms with van der Waals surface area (Å²) < 4.78 is 28.1. The van der Waals surface area contributed by atoms with Crippen LogP contribution in [0.4, 0.5) is 0 Å². The fourth-order valence-electron chi connectivity index (χ4n) is 1.99. The predicted octanol–water partition coefficient (Wildman–Crippen LogP) is 0.686. The van der Waals surface area contributed by atoms with Gasteiger partial charge >= 0.3 is 0 Å². The van der Waals surface area contributed by atoms with Crippen molar-refractivity contribution in [3.05, 3.63) is 17.8 Å². The molecule has 5 nitrogen and oxygen atoms in total. The Kier molecular flexibility index (Phi) is 3.30. The number of aromatic nitrogens is 1. The molecule has 1 aliphatic heterocycles. The zero-order chi connectivity index (χ0) is 11.6. The van der Waals surface area contributed by atoms with Gasteiger partial charge in [-0.05, 0) is 13.0 Å². The third-order valence-electron chi connectivity index (χ3n) is 2.82. The molecule has 1 fully saturated rings. The van der Waals surface area contributed by atoms with Gasteiger partial charge in [-0.2, -0.15) is 0 Å². The molecule has 1 atom stereocenters. The second kappa shape index (κ2) is 4.55. The quantitative estimate of drug-likeness (QED) is 0.843. The maximum absolute atomic E-state index is 11.4. The standard InChI is InChI=1S/C10H16N2O3S/c1-2-11-5-9-10(15-7-12-9)8-3-4-16(13,14)6-8/h7-8,11H,2-6H2,1H3. The maximum Gasteiger partial charge on any atom is 0.181 e. The second-order valence-corrected chi connectivity index (χ2v) is 6.27. The Hall–Kier alpha value is -0.880. The molecular weight excluding hydrogens is 228 g/mol. The molecule has 0 spiro atoms. The van der Waals surface area contributed by atoms with Crippen LogP contribution in [0, 0.1) is 0 Å². The molecule has 2 rings (SSSR count). The molecule has 0 radical (unpaired) electrons. The number of oxazole rings is 1. The Morgan fingerprint density at radius 2 is 2.44 bits per heavy atom. The Labute approximate surface area is 95.2 Å². The van der Waals surface area contributed by atoms with Gasteiger partial charge in [0.25, 0.3) is 0 Å². The minimum absolute atomic E-state index is 0.0128. The smallest absolute Gasteiger partial charge is 0.181 e. The van der Waals surface area contributed by atoms with E-state index < -0.39 is 9.84 Å². The number of hydrogen-bond donors (Lipinski definition) is 1. The molecule has 6 heteroatoms. The molecule has 1 N–H and O–H groups in total. The number of sulfone groups is 1. The van der Waals surface area contributed by atoms with Crippen molar-refractivity contribution in [2.45, 2.75) is 25.8 Å². The number of nitrogens with one attached hydrogen (secondary N) is 1. The number of hydrogen-bond acceptors (Lipinski definition) is 5. The van der Waals surface area contributed by atoms with Crippen molar-refractivity contribution >= 4 is 9.84 Å². The van der Waals surface area contributed by atoms with Gasteiger partial charge in [0.05, 0.1) is 17.2 Å². The molecule has 2 heterocycles. The first-order valence-corrected chi connectivity index (χ1v) is 7.28. The van der Waals surface area contributed by atoms with Gasteiger partial charge in [-0.15, -0.1) is 0 Å². The van der Waals surface area contributed by atoms with Crippen LogP contribution in [0.15, 0.2) is 10.8 Å². The van der Waals surface area contributed by atoms with Gasteiger partial charge in [-0.25, -0.2) is 13.4 Å². The Balaban J connectivity index is 2.12. The first kappa shape index (κ1) is 11.6. The van der Waals surface area contributed by atoms with Crippen molar-refractivity contribution in [2.75, 3.05) is 18.1 Å². The highest BCUT2D eigenvalue weighted by Gasteiger charge is 2.32. The fourth-order valence-corrected chi connectivity index (χ4v) is 3.73. The van der Waals surface area contributed by atoms with Crippen LogP contribution in [0.2, 0.25) is 0 Å². The van der Waals surface area contributed by atoms with Crippen LogP contribution in [0.25, 0.3) is 0 Å². The maximum atomic E-state index is 11.4. The largest absolute Gasteiger partial charge is 0.448 e. The lowest BCUT2D eigenvalue weighted by molar-refractivity contribution is 0.467. The topological polar surface area (TPSA) is 72.2 Å². The molecule has 16 heavy (non-hydrogen) atoms. The van der Waals surface area contributed by atoms with E-state index in [1.54, 1.807) is 0 Å². The van der Waals surface area contributed by atoms with Crippen molar-refractivity contribution in [2.24, 2.45) is 0 Å². The first-order valence-electron chi connectivity index (χ1n) is 5.46. The summed E-state index contributed by atoms with van der Waals surface area (Å²) in [6, 6.07) is 0. The summed E-state index contributed by atoms with van der Waals surface area (Å²) >= 11 is 0. The molecule has 1 aliphatic rings. The van der Waals surface area contributed by atoms with Gasteiger partial charge in [0.1, 0.15) is 5.76 Å². The van der Waals surface area contributed by atoms with Crippen LogP contribution in [0.3, 0.4) is 0 Å². The summed E-state index contributed by atoms with van der Waals surface area (Å²) in [7, 11) is -2.87. The lowest BCUT2D eigenvalue weighted by Crippen LogP contribution is -2.14. The highest BCUT2D eigenvalue weighted by Crippen LogP contribution is 2.30. The predicted molar refractivity (Wildman–Crippen MR) is 59.9 cm³/mol. The SMILES string of the molecule is CCNCc1ncoc1C1CCS(=O)(=O)C1. The molecule has 0 saturated carbocycles. The summed E-state index contributed by atoms with van der Waals surface area (Å²) in [5.74, 6) is 1.18. The molecule has 1 saturated heterocycles. The van der Waals surface area contributed by atoms with E-state index >= 15 is 0 Å². The van der Waals surface area contributed by atoms with Crippen molar-refractivity contribution < 1.29 is 12.8 Å². The summed E-state index contributed by atoms with van der Waals surface area (Å²) in [4.78, 5) is 4.12. The third kappa shape index (κ3) is 2.44. The van der Waals surface area contributed by atoms with Gasteiger partial charge in [0.15, 0.2) is 16.2 Å². The zero-order valence-corrected chi connectivity index (χ0v) is 10.1. The van der Waals surface area contributed by atoms with Gasteiger partial charge < -0.3 is 9.73 Å². The summed E-state index contributed by atoms with van der Waals surface area (Å²) in [5, 5.41) is 3.16. The fraction of sp³-hybridized carbons (Fsp3) is 0.700. The van der Waals surface area contributed by atoms with Crippen molar-refractivity contribution in [3.8, 4) is 0 Å². The lowest BCUT2D eigenvalue weighted by Gasteiger charge is -2.06. The highest BCUT2D eigenvalue weighted by molar-refractivity contribution is 7.91. The van der Waals surface area contributed by atoms with Gasteiger partial charge in [-0.1, -0.05) is 6.92 Å². The number of rotatable bonds is 4. The van der Waals surface area contributed by atoms with Crippen LogP contribution in [-0.2, 0) is 16.4 Å². The van der Waals surface area contributed by atoms with Gasteiger partial charge in [0, 0.05) is 12.5 Å². The average molecular weight is 244 g/mol.